The normalized spacial score (nSPS) is 10.6. The number of rotatable bonds is 7. The van der Waals surface area contributed by atoms with E-state index in [1.54, 1.807) is 12.1 Å². The van der Waals surface area contributed by atoms with Crippen LogP contribution in [-0.2, 0) is 4.74 Å². The second-order valence-corrected chi connectivity index (χ2v) is 4.17. The van der Waals surface area contributed by atoms with Crippen molar-refractivity contribution < 1.29 is 14.3 Å². The van der Waals surface area contributed by atoms with Gasteiger partial charge in [0.2, 0.25) is 0 Å². The standard InChI is InChI=1S/C14H20O3/c1-4-9-16-10-14(15)12-5-7-13(8-6-12)17-11(2)3/h5-8,11H,4,9-10H2,1-3H3. The maximum absolute atomic E-state index is 11.7. The minimum atomic E-state index is 0.00884. The van der Waals surface area contributed by atoms with E-state index in [1.807, 2.05) is 32.9 Å². The summed E-state index contributed by atoms with van der Waals surface area (Å²) < 4.78 is 10.7. The van der Waals surface area contributed by atoms with E-state index in [4.69, 9.17) is 9.47 Å². The molecular formula is C14H20O3. The van der Waals surface area contributed by atoms with Gasteiger partial charge in [-0.25, -0.2) is 0 Å². The third kappa shape index (κ3) is 5.00. The number of benzene rings is 1. The minimum Gasteiger partial charge on any atom is -0.491 e. The van der Waals surface area contributed by atoms with Gasteiger partial charge in [0.1, 0.15) is 12.4 Å². The Labute approximate surface area is 103 Å². The first-order valence-electron chi connectivity index (χ1n) is 6.01. The Morgan fingerprint density at radius 2 is 1.88 bits per heavy atom. The number of carbonyl (C=O) groups excluding carboxylic acids is 1. The lowest BCUT2D eigenvalue weighted by Gasteiger charge is -2.09. The van der Waals surface area contributed by atoms with Crippen LogP contribution in [-0.4, -0.2) is 25.1 Å². The average molecular weight is 236 g/mol. The fourth-order valence-electron chi connectivity index (χ4n) is 1.38. The molecule has 0 aliphatic heterocycles. The second-order valence-electron chi connectivity index (χ2n) is 4.17. The van der Waals surface area contributed by atoms with Crippen LogP contribution in [0.3, 0.4) is 0 Å². The summed E-state index contributed by atoms with van der Waals surface area (Å²) in [6.07, 6.45) is 1.07. The van der Waals surface area contributed by atoms with Gasteiger partial charge in [0.05, 0.1) is 6.10 Å². The van der Waals surface area contributed by atoms with Crippen LogP contribution in [0, 0.1) is 0 Å². The third-order valence-corrected chi connectivity index (χ3v) is 2.13. The van der Waals surface area contributed by atoms with E-state index < -0.39 is 0 Å². The van der Waals surface area contributed by atoms with Gasteiger partial charge in [-0.05, 0) is 44.5 Å². The number of ketones is 1. The SMILES string of the molecule is CCCOCC(=O)c1ccc(OC(C)C)cc1. The van der Waals surface area contributed by atoms with Gasteiger partial charge in [-0.15, -0.1) is 0 Å². The van der Waals surface area contributed by atoms with Crippen molar-refractivity contribution in [2.45, 2.75) is 33.3 Å². The summed E-state index contributed by atoms with van der Waals surface area (Å²) in [6.45, 7) is 6.73. The molecular weight excluding hydrogens is 216 g/mol. The van der Waals surface area contributed by atoms with E-state index in [0.29, 0.717) is 12.2 Å². The fraction of sp³-hybridized carbons (Fsp3) is 0.500. The van der Waals surface area contributed by atoms with Crippen LogP contribution in [0.25, 0.3) is 0 Å². The van der Waals surface area contributed by atoms with Crippen LogP contribution >= 0.6 is 0 Å². The van der Waals surface area contributed by atoms with Crippen molar-refractivity contribution in [3.05, 3.63) is 29.8 Å². The van der Waals surface area contributed by atoms with Crippen LogP contribution in [0.1, 0.15) is 37.6 Å². The number of ether oxygens (including phenoxy) is 2. The number of carbonyl (C=O) groups is 1. The Morgan fingerprint density at radius 3 is 2.41 bits per heavy atom. The van der Waals surface area contributed by atoms with Crippen LogP contribution < -0.4 is 4.74 Å². The molecule has 1 rings (SSSR count). The smallest absolute Gasteiger partial charge is 0.188 e. The maximum Gasteiger partial charge on any atom is 0.188 e. The molecule has 0 fully saturated rings. The topological polar surface area (TPSA) is 35.5 Å². The lowest BCUT2D eigenvalue weighted by atomic mass is 10.1. The van der Waals surface area contributed by atoms with Crippen molar-refractivity contribution in [1.29, 1.82) is 0 Å². The Kier molecular flexibility index (Phi) is 5.70. The first-order chi connectivity index (χ1) is 8.13. The molecule has 0 spiro atoms. The van der Waals surface area contributed by atoms with Gasteiger partial charge in [0.15, 0.2) is 5.78 Å². The summed E-state index contributed by atoms with van der Waals surface area (Å²) in [5.74, 6) is 0.792. The van der Waals surface area contributed by atoms with E-state index in [9.17, 15) is 4.79 Å². The van der Waals surface area contributed by atoms with Gasteiger partial charge >= 0.3 is 0 Å². The van der Waals surface area contributed by atoms with Crippen molar-refractivity contribution in [1.82, 2.24) is 0 Å². The highest BCUT2D eigenvalue weighted by Gasteiger charge is 2.06. The summed E-state index contributed by atoms with van der Waals surface area (Å²) in [4.78, 5) is 11.7. The number of hydrogen-bond acceptors (Lipinski definition) is 3. The Hall–Kier alpha value is -1.35. The zero-order valence-corrected chi connectivity index (χ0v) is 10.7. The highest BCUT2D eigenvalue weighted by molar-refractivity contribution is 5.97. The summed E-state index contributed by atoms with van der Waals surface area (Å²) >= 11 is 0. The first-order valence-corrected chi connectivity index (χ1v) is 6.01. The van der Waals surface area contributed by atoms with Crippen LogP contribution in [0.2, 0.25) is 0 Å². The van der Waals surface area contributed by atoms with Crippen molar-refractivity contribution in [3.63, 3.8) is 0 Å². The molecule has 1 aromatic carbocycles. The van der Waals surface area contributed by atoms with Crippen molar-refractivity contribution in [3.8, 4) is 5.75 Å². The molecule has 0 aliphatic rings. The lowest BCUT2D eigenvalue weighted by Crippen LogP contribution is -2.10. The van der Waals surface area contributed by atoms with Crippen molar-refractivity contribution in [2.24, 2.45) is 0 Å². The molecule has 0 aliphatic carbocycles. The molecule has 0 heterocycles. The number of hydrogen-bond donors (Lipinski definition) is 0. The van der Waals surface area contributed by atoms with Crippen LogP contribution in [0.4, 0.5) is 0 Å². The summed E-state index contributed by atoms with van der Waals surface area (Å²) in [7, 11) is 0. The zero-order chi connectivity index (χ0) is 12.7. The van der Waals surface area contributed by atoms with E-state index in [2.05, 4.69) is 0 Å². The van der Waals surface area contributed by atoms with Gasteiger partial charge in [-0.2, -0.15) is 0 Å². The van der Waals surface area contributed by atoms with Gasteiger partial charge in [0.25, 0.3) is 0 Å². The Bertz CT molecular complexity index is 341. The summed E-state index contributed by atoms with van der Waals surface area (Å²) in [5.41, 5.74) is 0.664. The molecule has 0 unspecified atom stereocenters. The largest absolute Gasteiger partial charge is 0.491 e. The predicted octanol–water partition coefficient (Wildman–Crippen LogP) is 3.08. The molecule has 0 saturated carbocycles. The molecule has 0 N–H and O–H groups in total. The number of Topliss-reactive ketones (excluding diaryl/α,β-unsaturated/α-hetero) is 1. The molecule has 3 nitrogen and oxygen atoms in total. The highest BCUT2D eigenvalue weighted by Crippen LogP contribution is 2.14. The molecule has 0 atom stereocenters. The molecule has 0 amide bonds. The quantitative estimate of drug-likeness (QED) is 0.539. The molecule has 0 bridgehead atoms. The van der Waals surface area contributed by atoms with E-state index in [1.165, 1.54) is 0 Å². The highest BCUT2D eigenvalue weighted by atomic mass is 16.5. The molecule has 1 aromatic rings. The molecule has 0 saturated heterocycles. The van der Waals surface area contributed by atoms with E-state index >= 15 is 0 Å². The van der Waals surface area contributed by atoms with E-state index in [-0.39, 0.29) is 18.5 Å². The van der Waals surface area contributed by atoms with Gasteiger partial charge in [0, 0.05) is 12.2 Å². The minimum absolute atomic E-state index is 0.00884. The maximum atomic E-state index is 11.7. The first kappa shape index (κ1) is 13.7. The molecule has 3 heteroatoms. The predicted molar refractivity (Wildman–Crippen MR) is 67.6 cm³/mol. The summed E-state index contributed by atoms with van der Waals surface area (Å²) in [5, 5.41) is 0. The van der Waals surface area contributed by atoms with Crippen molar-refractivity contribution >= 4 is 5.78 Å². The summed E-state index contributed by atoms with van der Waals surface area (Å²) in [6, 6.07) is 7.17. The fourth-order valence-corrected chi connectivity index (χ4v) is 1.38. The molecule has 94 valence electrons. The van der Waals surface area contributed by atoms with Crippen LogP contribution in [0.5, 0.6) is 5.75 Å². The van der Waals surface area contributed by atoms with Gasteiger partial charge in [-0.3, -0.25) is 4.79 Å². The Morgan fingerprint density at radius 1 is 1.24 bits per heavy atom. The molecule has 0 radical (unpaired) electrons. The lowest BCUT2D eigenvalue weighted by molar-refractivity contribution is 0.0761. The zero-order valence-electron chi connectivity index (χ0n) is 10.7. The van der Waals surface area contributed by atoms with Gasteiger partial charge in [-0.1, -0.05) is 6.92 Å². The van der Waals surface area contributed by atoms with Crippen molar-refractivity contribution in [2.75, 3.05) is 13.2 Å². The second kappa shape index (κ2) is 7.07. The molecule has 0 aromatic heterocycles. The monoisotopic (exact) mass is 236 g/mol. The van der Waals surface area contributed by atoms with Gasteiger partial charge < -0.3 is 9.47 Å². The van der Waals surface area contributed by atoms with Crippen LogP contribution in [0.15, 0.2) is 24.3 Å². The van der Waals surface area contributed by atoms with E-state index in [0.717, 1.165) is 12.2 Å². The average Bonchev–Trinajstić information content (AvgIpc) is 2.29. The Balaban J connectivity index is 2.52. The third-order valence-electron chi connectivity index (χ3n) is 2.13. The molecule has 17 heavy (non-hydrogen) atoms.